The first-order valence-electron chi connectivity index (χ1n) is 14.0. The number of carbonyl (C=O) groups is 4. The zero-order chi connectivity index (χ0) is 30.4. The van der Waals surface area contributed by atoms with Gasteiger partial charge >= 0.3 is 5.97 Å². The lowest BCUT2D eigenvalue weighted by Gasteiger charge is -2.25. The topological polar surface area (TPSA) is 182 Å². The van der Waals surface area contributed by atoms with Gasteiger partial charge in [-0.05, 0) is 48.9 Å². The summed E-state index contributed by atoms with van der Waals surface area (Å²) in [6.07, 6.45) is 4.27. The van der Waals surface area contributed by atoms with Gasteiger partial charge in [0.2, 0.25) is 17.7 Å². The van der Waals surface area contributed by atoms with Gasteiger partial charge in [-0.15, -0.1) is 0 Å². The molecule has 0 saturated carbocycles. The second-order valence-corrected chi connectivity index (χ2v) is 11.1. The van der Waals surface area contributed by atoms with E-state index < -0.39 is 47.9 Å². The number of carboxylic acids is 1. The van der Waals surface area contributed by atoms with E-state index in [1.54, 1.807) is 6.20 Å². The third-order valence-electron chi connectivity index (χ3n) is 7.25. The molecule has 0 aliphatic heterocycles. The quantitative estimate of drug-likeness (QED) is 0.129. The van der Waals surface area contributed by atoms with E-state index in [0.717, 1.165) is 32.9 Å². The number of para-hydroxylation sites is 2. The molecule has 2 heterocycles. The number of carboxylic acid groups (broad SMARTS) is 1. The normalized spacial score (nSPS) is 14.3. The van der Waals surface area contributed by atoms with Crippen LogP contribution < -0.4 is 21.7 Å². The first-order chi connectivity index (χ1) is 20.0. The maximum absolute atomic E-state index is 13.6. The molecule has 3 amide bonds. The number of H-pyrrole nitrogens is 2. The van der Waals surface area contributed by atoms with Gasteiger partial charge in [0, 0.05) is 40.6 Å². The van der Waals surface area contributed by atoms with Crippen LogP contribution in [0.4, 0.5) is 0 Å². The van der Waals surface area contributed by atoms with Gasteiger partial charge in [-0.1, -0.05) is 50.2 Å². The highest BCUT2D eigenvalue weighted by Gasteiger charge is 2.30. The summed E-state index contributed by atoms with van der Waals surface area (Å²) in [5.41, 5.74) is 9.75. The monoisotopic (exact) mass is 574 g/mol. The Bertz CT molecular complexity index is 1570. The van der Waals surface area contributed by atoms with Gasteiger partial charge in [-0.2, -0.15) is 0 Å². The second-order valence-electron chi connectivity index (χ2n) is 11.1. The molecular formula is C31H38N6O5. The van der Waals surface area contributed by atoms with Gasteiger partial charge < -0.3 is 36.8 Å². The predicted molar refractivity (Wildman–Crippen MR) is 161 cm³/mol. The molecule has 8 N–H and O–H groups in total. The summed E-state index contributed by atoms with van der Waals surface area (Å²) >= 11 is 0. The molecule has 42 heavy (non-hydrogen) atoms. The molecule has 4 aromatic rings. The third kappa shape index (κ3) is 7.35. The molecule has 222 valence electrons. The number of aliphatic carboxylic acids is 1. The minimum atomic E-state index is -1.20. The molecule has 11 heteroatoms. The van der Waals surface area contributed by atoms with E-state index in [2.05, 4.69) is 25.9 Å². The number of aromatic amines is 2. The van der Waals surface area contributed by atoms with Crippen LogP contribution in [0.2, 0.25) is 0 Å². The van der Waals surface area contributed by atoms with E-state index in [1.807, 2.05) is 68.6 Å². The predicted octanol–water partition coefficient (Wildman–Crippen LogP) is 2.37. The molecule has 4 unspecified atom stereocenters. The van der Waals surface area contributed by atoms with E-state index in [0.29, 0.717) is 6.42 Å². The number of carbonyl (C=O) groups excluding carboxylic acids is 3. The fourth-order valence-corrected chi connectivity index (χ4v) is 4.99. The van der Waals surface area contributed by atoms with Crippen molar-refractivity contribution in [3.05, 3.63) is 72.1 Å². The smallest absolute Gasteiger partial charge is 0.325 e. The molecule has 4 rings (SSSR count). The number of nitrogens with one attached hydrogen (secondary N) is 5. The molecule has 0 radical (unpaired) electrons. The van der Waals surface area contributed by atoms with E-state index >= 15 is 0 Å². The van der Waals surface area contributed by atoms with Crippen LogP contribution in [0.25, 0.3) is 21.8 Å². The Labute approximate surface area is 243 Å². The molecule has 0 aliphatic rings. The van der Waals surface area contributed by atoms with Crippen molar-refractivity contribution in [3.63, 3.8) is 0 Å². The number of nitrogens with two attached hydrogens (primary N) is 1. The molecule has 0 saturated heterocycles. The molecule has 0 fully saturated rings. The Morgan fingerprint density at radius 3 is 1.79 bits per heavy atom. The number of hydrogen-bond donors (Lipinski definition) is 7. The standard InChI is InChI=1S/C31H38N6O5/c1-17(2)12-26(36-28(38)23(32)13-19-15-33-24-10-6-4-8-21(19)24)30(40)37-27(29(39)35-18(3)31(41)42)14-20-16-34-25-11-7-5-9-22(20)25/h4-11,15-18,23,26-27,33-34H,12-14,32H2,1-3H3,(H,35,39)(H,36,38)(H,37,40)(H,41,42). The van der Waals surface area contributed by atoms with Gasteiger partial charge in [0.05, 0.1) is 6.04 Å². The summed E-state index contributed by atoms with van der Waals surface area (Å²) in [5.74, 6) is -2.85. The number of benzene rings is 2. The summed E-state index contributed by atoms with van der Waals surface area (Å²) in [7, 11) is 0. The van der Waals surface area contributed by atoms with Crippen molar-refractivity contribution in [1.29, 1.82) is 0 Å². The molecular weight excluding hydrogens is 536 g/mol. The fraction of sp³-hybridized carbons (Fsp3) is 0.355. The van der Waals surface area contributed by atoms with Crippen LogP contribution in [0.15, 0.2) is 60.9 Å². The molecule has 0 bridgehead atoms. The summed E-state index contributed by atoms with van der Waals surface area (Å²) < 4.78 is 0. The van der Waals surface area contributed by atoms with Gasteiger partial charge in [0.1, 0.15) is 18.1 Å². The highest BCUT2D eigenvalue weighted by atomic mass is 16.4. The minimum Gasteiger partial charge on any atom is -0.480 e. The zero-order valence-electron chi connectivity index (χ0n) is 23.9. The number of amides is 3. The van der Waals surface area contributed by atoms with Gasteiger partial charge in [-0.25, -0.2) is 0 Å². The Balaban J connectivity index is 1.50. The van der Waals surface area contributed by atoms with E-state index in [4.69, 9.17) is 5.73 Å². The van der Waals surface area contributed by atoms with Gasteiger partial charge in [0.25, 0.3) is 0 Å². The molecule has 2 aromatic carbocycles. The highest BCUT2D eigenvalue weighted by Crippen LogP contribution is 2.20. The van der Waals surface area contributed by atoms with E-state index in [1.165, 1.54) is 6.92 Å². The van der Waals surface area contributed by atoms with Crippen LogP contribution in [0, 0.1) is 5.92 Å². The van der Waals surface area contributed by atoms with Crippen LogP contribution in [-0.4, -0.2) is 62.9 Å². The van der Waals surface area contributed by atoms with Crippen LogP contribution >= 0.6 is 0 Å². The molecule has 11 nitrogen and oxygen atoms in total. The minimum absolute atomic E-state index is 0.0406. The number of aromatic nitrogens is 2. The van der Waals surface area contributed by atoms with Crippen LogP contribution in [0.3, 0.4) is 0 Å². The number of hydrogen-bond acceptors (Lipinski definition) is 5. The fourth-order valence-electron chi connectivity index (χ4n) is 4.99. The van der Waals surface area contributed by atoms with Crippen LogP contribution in [0.1, 0.15) is 38.3 Å². The Kier molecular flexibility index (Phi) is 9.64. The molecule has 0 aliphatic carbocycles. The highest BCUT2D eigenvalue weighted by molar-refractivity contribution is 5.95. The molecule has 0 spiro atoms. The first-order valence-corrected chi connectivity index (χ1v) is 14.0. The van der Waals surface area contributed by atoms with Crippen molar-refractivity contribution in [2.75, 3.05) is 0 Å². The Hall–Kier alpha value is -4.64. The molecule has 2 aromatic heterocycles. The van der Waals surface area contributed by atoms with E-state index in [-0.39, 0.29) is 18.8 Å². The van der Waals surface area contributed by atoms with Crippen molar-refractivity contribution in [2.45, 2.75) is 64.2 Å². The Morgan fingerprint density at radius 1 is 0.738 bits per heavy atom. The summed E-state index contributed by atoms with van der Waals surface area (Å²) in [6.45, 7) is 5.19. The maximum atomic E-state index is 13.6. The van der Waals surface area contributed by atoms with Gasteiger partial charge in [0.15, 0.2) is 0 Å². The summed E-state index contributed by atoms with van der Waals surface area (Å²) in [5, 5.41) is 19.2. The summed E-state index contributed by atoms with van der Waals surface area (Å²) in [6, 6.07) is 11.1. The SMILES string of the molecule is CC(C)CC(NC(=O)C(N)Cc1c[nH]c2ccccc12)C(=O)NC(Cc1c[nH]c2ccccc12)C(=O)NC(C)C(=O)O. The van der Waals surface area contributed by atoms with E-state index in [9.17, 15) is 24.3 Å². The second kappa shape index (κ2) is 13.3. The summed E-state index contributed by atoms with van der Waals surface area (Å²) in [4.78, 5) is 57.7. The maximum Gasteiger partial charge on any atom is 0.325 e. The van der Waals surface area contributed by atoms with Gasteiger partial charge in [-0.3, -0.25) is 19.2 Å². The van der Waals surface area contributed by atoms with Crippen molar-refractivity contribution < 1.29 is 24.3 Å². The van der Waals surface area contributed by atoms with Crippen molar-refractivity contribution in [3.8, 4) is 0 Å². The lowest BCUT2D eigenvalue weighted by molar-refractivity contribution is -0.141. The number of rotatable bonds is 13. The Morgan fingerprint density at radius 2 is 1.24 bits per heavy atom. The average molecular weight is 575 g/mol. The zero-order valence-corrected chi connectivity index (χ0v) is 23.9. The third-order valence-corrected chi connectivity index (χ3v) is 7.25. The van der Waals surface area contributed by atoms with Crippen molar-refractivity contribution >= 4 is 45.5 Å². The van der Waals surface area contributed by atoms with Crippen LogP contribution in [-0.2, 0) is 32.0 Å². The molecule has 4 atom stereocenters. The largest absolute Gasteiger partial charge is 0.480 e. The lowest BCUT2D eigenvalue weighted by Crippen LogP contribution is -2.57. The number of fused-ring (bicyclic) bond motifs is 2. The van der Waals surface area contributed by atoms with Crippen molar-refractivity contribution in [1.82, 2.24) is 25.9 Å². The lowest BCUT2D eigenvalue weighted by atomic mass is 9.99. The van der Waals surface area contributed by atoms with Crippen molar-refractivity contribution in [2.24, 2.45) is 11.7 Å². The first kappa shape index (κ1) is 30.3. The average Bonchev–Trinajstić information content (AvgIpc) is 3.56. The van der Waals surface area contributed by atoms with Crippen LogP contribution in [0.5, 0.6) is 0 Å².